The number of aliphatic hydroxyl groups excluding tert-OH is 1. The van der Waals surface area contributed by atoms with Crippen molar-refractivity contribution in [1.29, 1.82) is 0 Å². The first-order valence-electron chi connectivity index (χ1n) is 4.10. The highest BCUT2D eigenvalue weighted by molar-refractivity contribution is 9.10. The lowest BCUT2D eigenvalue weighted by molar-refractivity contribution is 0.267. The molecule has 0 saturated heterocycles. The lowest BCUT2D eigenvalue weighted by Gasteiger charge is -2.10. The van der Waals surface area contributed by atoms with E-state index in [1.165, 1.54) is 0 Å². The average Bonchev–Trinajstić information content (AvgIpc) is 2.15. The van der Waals surface area contributed by atoms with Gasteiger partial charge in [0.15, 0.2) is 0 Å². The Morgan fingerprint density at radius 1 is 1.64 bits per heavy atom. The minimum atomic E-state index is -0.519. The third-order valence-corrected chi connectivity index (χ3v) is 2.57. The zero-order valence-electron chi connectivity index (χ0n) is 7.68. The summed E-state index contributed by atoms with van der Waals surface area (Å²) in [7, 11) is 0. The van der Waals surface area contributed by atoms with Crippen molar-refractivity contribution in [3.63, 3.8) is 0 Å². The first kappa shape index (κ1) is 11.0. The molecule has 5 heteroatoms. The molecule has 0 spiro atoms. The van der Waals surface area contributed by atoms with Crippen LogP contribution in [0.25, 0.3) is 10.4 Å². The van der Waals surface area contributed by atoms with Crippen LogP contribution in [0.3, 0.4) is 0 Å². The van der Waals surface area contributed by atoms with E-state index in [2.05, 4.69) is 26.0 Å². The number of halogens is 1. The molecule has 0 aliphatic rings. The number of azide groups is 1. The van der Waals surface area contributed by atoms with E-state index in [1.54, 1.807) is 0 Å². The lowest BCUT2D eigenvalue weighted by atomic mass is 10.1. The van der Waals surface area contributed by atoms with Crippen LogP contribution in [-0.4, -0.2) is 11.7 Å². The monoisotopic (exact) mass is 255 g/mol. The number of aryl methyl sites for hydroxylation is 1. The van der Waals surface area contributed by atoms with Crippen LogP contribution in [0, 0.1) is 6.92 Å². The molecule has 0 radical (unpaired) electrons. The topological polar surface area (TPSA) is 69.0 Å². The quantitative estimate of drug-likeness (QED) is 0.503. The molecular formula is C9H10BrN3O. The summed E-state index contributed by atoms with van der Waals surface area (Å²) in [4.78, 5) is 2.69. The van der Waals surface area contributed by atoms with Gasteiger partial charge in [-0.3, -0.25) is 0 Å². The SMILES string of the molecule is Cc1ccc(C(CO)N=[N+]=[N-])c(Br)c1. The fourth-order valence-corrected chi connectivity index (χ4v) is 1.92. The second-order valence-electron chi connectivity index (χ2n) is 2.93. The zero-order valence-corrected chi connectivity index (χ0v) is 9.27. The second-order valence-corrected chi connectivity index (χ2v) is 3.78. The highest BCUT2D eigenvalue weighted by Gasteiger charge is 2.11. The third-order valence-electron chi connectivity index (χ3n) is 1.88. The molecule has 0 heterocycles. The molecule has 1 unspecified atom stereocenters. The van der Waals surface area contributed by atoms with Gasteiger partial charge in [-0.2, -0.15) is 0 Å². The molecule has 4 nitrogen and oxygen atoms in total. The largest absolute Gasteiger partial charge is 0.396 e. The van der Waals surface area contributed by atoms with E-state index in [1.807, 2.05) is 25.1 Å². The summed E-state index contributed by atoms with van der Waals surface area (Å²) in [6.07, 6.45) is 0. The van der Waals surface area contributed by atoms with Crippen LogP contribution >= 0.6 is 15.9 Å². The maximum Gasteiger partial charge on any atom is 0.0867 e. The predicted molar refractivity (Wildman–Crippen MR) is 57.9 cm³/mol. The normalized spacial score (nSPS) is 11.9. The van der Waals surface area contributed by atoms with Crippen LogP contribution in [0.5, 0.6) is 0 Å². The number of hydrogen-bond acceptors (Lipinski definition) is 2. The summed E-state index contributed by atoms with van der Waals surface area (Å²) in [6.45, 7) is 1.78. The summed E-state index contributed by atoms with van der Waals surface area (Å²) in [5.74, 6) is 0. The van der Waals surface area contributed by atoms with E-state index in [0.29, 0.717) is 0 Å². The van der Waals surface area contributed by atoms with Gasteiger partial charge in [-0.15, -0.1) is 0 Å². The number of hydrogen-bond donors (Lipinski definition) is 1. The standard InChI is InChI=1S/C9H10BrN3O/c1-6-2-3-7(8(10)4-6)9(5-14)12-13-11/h2-4,9,14H,5H2,1H3. The van der Waals surface area contributed by atoms with Gasteiger partial charge in [0.1, 0.15) is 0 Å². The zero-order chi connectivity index (χ0) is 10.6. The Hall–Kier alpha value is -1.03. The van der Waals surface area contributed by atoms with Crippen LogP contribution in [0.2, 0.25) is 0 Å². The molecule has 1 rings (SSSR count). The van der Waals surface area contributed by atoms with Crippen molar-refractivity contribution in [2.45, 2.75) is 13.0 Å². The molecule has 0 fully saturated rings. The van der Waals surface area contributed by atoms with Gasteiger partial charge in [0, 0.05) is 9.38 Å². The number of nitrogens with zero attached hydrogens (tertiary/aromatic N) is 3. The van der Waals surface area contributed by atoms with Gasteiger partial charge in [-0.25, -0.2) is 0 Å². The minimum Gasteiger partial charge on any atom is -0.396 e. The summed E-state index contributed by atoms with van der Waals surface area (Å²) >= 11 is 3.36. The van der Waals surface area contributed by atoms with Crippen LogP contribution in [0.4, 0.5) is 0 Å². The summed E-state index contributed by atoms with van der Waals surface area (Å²) in [6, 6.07) is 5.16. The number of aliphatic hydroxyl groups is 1. The van der Waals surface area contributed by atoms with E-state index in [0.717, 1.165) is 15.6 Å². The molecule has 1 aromatic carbocycles. The summed E-state index contributed by atoms with van der Waals surface area (Å²) in [5, 5.41) is 12.5. The Morgan fingerprint density at radius 2 is 2.36 bits per heavy atom. The Balaban J connectivity index is 3.10. The fraction of sp³-hybridized carbons (Fsp3) is 0.333. The van der Waals surface area contributed by atoms with Gasteiger partial charge in [0.05, 0.1) is 12.6 Å². The van der Waals surface area contributed by atoms with Crippen LogP contribution in [0.1, 0.15) is 17.2 Å². The van der Waals surface area contributed by atoms with Crippen molar-refractivity contribution in [3.8, 4) is 0 Å². The molecular weight excluding hydrogens is 246 g/mol. The Bertz CT molecular complexity index is 374. The molecule has 0 saturated carbocycles. The summed E-state index contributed by atoms with van der Waals surface area (Å²) < 4.78 is 0.851. The third kappa shape index (κ3) is 2.48. The molecule has 0 aliphatic carbocycles. The van der Waals surface area contributed by atoms with E-state index in [-0.39, 0.29) is 6.61 Å². The first-order chi connectivity index (χ1) is 6.69. The van der Waals surface area contributed by atoms with Gasteiger partial charge in [-0.1, -0.05) is 33.2 Å². The van der Waals surface area contributed by atoms with E-state index < -0.39 is 6.04 Å². The average molecular weight is 256 g/mol. The van der Waals surface area contributed by atoms with Crippen LogP contribution in [-0.2, 0) is 0 Å². The molecule has 0 bridgehead atoms. The predicted octanol–water partition coefficient (Wildman–Crippen LogP) is 3.10. The van der Waals surface area contributed by atoms with Crippen LogP contribution < -0.4 is 0 Å². The molecule has 0 aromatic heterocycles. The van der Waals surface area contributed by atoms with Crippen molar-refractivity contribution in [1.82, 2.24) is 0 Å². The van der Waals surface area contributed by atoms with Crippen molar-refractivity contribution in [3.05, 3.63) is 44.2 Å². The summed E-state index contributed by atoms with van der Waals surface area (Å²) in [5.41, 5.74) is 10.2. The smallest absolute Gasteiger partial charge is 0.0867 e. The number of benzene rings is 1. The van der Waals surface area contributed by atoms with Gasteiger partial charge in [0.25, 0.3) is 0 Å². The Kier molecular flexibility index (Phi) is 3.95. The molecule has 14 heavy (non-hydrogen) atoms. The minimum absolute atomic E-state index is 0.189. The lowest BCUT2D eigenvalue weighted by Crippen LogP contribution is -2.01. The molecule has 0 aliphatic heterocycles. The highest BCUT2D eigenvalue weighted by Crippen LogP contribution is 2.26. The second kappa shape index (κ2) is 5.00. The van der Waals surface area contributed by atoms with Gasteiger partial charge in [-0.05, 0) is 29.6 Å². The van der Waals surface area contributed by atoms with Crippen molar-refractivity contribution in [2.24, 2.45) is 5.11 Å². The maximum absolute atomic E-state index is 9.02. The van der Waals surface area contributed by atoms with Gasteiger partial charge >= 0.3 is 0 Å². The molecule has 1 aromatic rings. The molecule has 74 valence electrons. The van der Waals surface area contributed by atoms with Gasteiger partial charge in [0.2, 0.25) is 0 Å². The molecule has 1 N–H and O–H groups in total. The van der Waals surface area contributed by atoms with E-state index >= 15 is 0 Å². The van der Waals surface area contributed by atoms with E-state index in [9.17, 15) is 0 Å². The molecule has 0 amide bonds. The number of rotatable bonds is 3. The first-order valence-corrected chi connectivity index (χ1v) is 4.89. The van der Waals surface area contributed by atoms with Crippen LogP contribution in [0.15, 0.2) is 27.8 Å². The Labute approximate surface area is 90.3 Å². The highest BCUT2D eigenvalue weighted by atomic mass is 79.9. The van der Waals surface area contributed by atoms with Crippen molar-refractivity contribution in [2.75, 3.05) is 6.61 Å². The Morgan fingerprint density at radius 3 is 2.86 bits per heavy atom. The van der Waals surface area contributed by atoms with Crippen molar-refractivity contribution < 1.29 is 5.11 Å². The van der Waals surface area contributed by atoms with E-state index in [4.69, 9.17) is 10.6 Å². The van der Waals surface area contributed by atoms with Gasteiger partial charge < -0.3 is 5.11 Å². The maximum atomic E-state index is 9.02. The molecule has 1 atom stereocenters. The fourth-order valence-electron chi connectivity index (χ4n) is 1.16. The van der Waals surface area contributed by atoms with Crippen molar-refractivity contribution >= 4 is 15.9 Å².